The van der Waals surface area contributed by atoms with Gasteiger partial charge in [0.1, 0.15) is 5.75 Å². The van der Waals surface area contributed by atoms with E-state index in [1.165, 1.54) is 0 Å². The lowest BCUT2D eigenvalue weighted by Crippen LogP contribution is -1.91. The van der Waals surface area contributed by atoms with E-state index < -0.39 is 0 Å². The largest absolute Gasteiger partial charge is 0.507 e. The van der Waals surface area contributed by atoms with Crippen LogP contribution < -0.4 is 0 Å². The van der Waals surface area contributed by atoms with Crippen LogP contribution in [0.1, 0.15) is 16.7 Å². The molecule has 0 bridgehead atoms. The van der Waals surface area contributed by atoms with Gasteiger partial charge in [0.15, 0.2) is 0 Å². The molecule has 0 unspecified atom stereocenters. The van der Waals surface area contributed by atoms with Crippen molar-refractivity contribution in [3.8, 4) is 5.75 Å². The zero-order chi connectivity index (χ0) is 10.2. The number of phenols is 1. The van der Waals surface area contributed by atoms with E-state index >= 15 is 0 Å². The Morgan fingerprint density at radius 1 is 1.08 bits per heavy atom. The number of phenolic OH excluding ortho intramolecular Hbond substituents is 1. The summed E-state index contributed by atoms with van der Waals surface area (Å²) in [4.78, 5) is 0. The molecule has 1 aromatic rings. The quantitative estimate of drug-likeness (QED) is 0.733. The molecule has 4 heteroatoms. The fraction of sp³-hybridized carbons (Fsp3) is 0.333. The van der Waals surface area contributed by atoms with Gasteiger partial charge in [-0.25, -0.2) is 0 Å². The van der Waals surface area contributed by atoms with Crippen LogP contribution in [0.25, 0.3) is 0 Å². The molecule has 0 aromatic heterocycles. The maximum absolute atomic E-state index is 9.58. The lowest BCUT2D eigenvalue weighted by Gasteiger charge is -2.12. The van der Waals surface area contributed by atoms with E-state index in [0.717, 1.165) is 0 Å². The Bertz CT molecular complexity index is 318. The first-order chi connectivity index (χ1) is 6.00. The standard InChI is InChI=1S/C9H9Cl3O/c1-4-7(11)6(3-10)8(12)5(2)9(4)13/h13H,3H2,1-2H3. The number of benzene rings is 1. The second kappa shape index (κ2) is 3.95. The molecule has 1 nitrogen and oxygen atoms in total. The van der Waals surface area contributed by atoms with Crippen molar-refractivity contribution in [3.63, 3.8) is 0 Å². The molecule has 1 rings (SSSR count). The van der Waals surface area contributed by atoms with E-state index in [2.05, 4.69) is 0 Å². The first kappa shape index (κ1) is 11.0. The fourth-order valence-electron chi connectivity index (χ4n) is 1.16. The summed E-state index contributed by atoms with van der Waals surface area (Å²) < 4.78 is 0. The molecule has 72 valence electrons. The number of rotatable bonds is 1. The maximum Gasteiger partial charge on any atom is 0.124 e. The average Bonchev–Trinajstić information content (AvgIpc) is 2.13. The first-order valence-corrected chi connectivity index (χ1v) is 5.01. The van der Waals surface area contributed by atoms with Crippen LogP contribution in [0.15, 0.2) is 0 Å². The fourth-order valence-corrected chi connectivity index (χ4v) is 2.11. The second-order valence-electron chi connectivity index (χ2n) is 2.84. The van der Waals surface area contributed by atoms with Gasteiger partial charge in [0.2, 0.25) is 0 Å². The molecule has 0 aliphatic heterocycles. The average molecular weight is 240 g/mol. The zero-order valence-electron chi connectivity index (χ0n) is 7.29. The van der Waals surface area contributed by atoms with E-state index in [9.17, 15) is 5.11 Å². The Labute approximate surface area is 92.2 Å². The van der Waals surface area contributed by atoms with Crippen LogP contribution in [0, 0.1) is 13.8 Å². The molecule has 0 aliphatic rings. The smallest absolute Gasteiger partial charge is 0.124 e. The summed E-state index contributed by atoms with van der Waals surface area (Å²) in [5.74, 6) is 0.392. The third-order valence-corrected chi connectivity index (χ3v) is 3.32. The highest BCUT2D eigenvalue weighted by molar-refractivity contribution is 6.38. The molecular weight excluding hydrogens is 230 g/mol. The molecule has 0 saturated carbocycles. The van der Waals surface area contributed by atoms with E-state index in [4.69, 9.17) is 34.8 Å². The molecule has 0 radical (unpaired) electrons. The van der Waals surface area contributed by atoms with Crippen molar-refractivity contribution in [1.29, 1.82) is 0 Å². The first-order valence-electron chi connectivity index (χ1n) is 3.72. The Morgan fingerprint density at radius 2 is 1.46 bits per heavy atom. The Kier molecular flexibility index (Phi) is 3.33. The molecule has 1 N–H and O–H groups in total. The van der Waals surface area contributed by atoms with Gasteiger partial charge < -0.3 is 5.11 Å². The summed E-state index contributed by atoms with van der Waals surface area (Å²) in [5.41, 5.74) is 1.93. The summed E-state index contributed by atoms with van der Waals surface area (Å²) in [6.45, 7) is 3.47. The normalized spacial score (nSPS) is 10.5. The highest BCUT2D eigenvalue weighted by Gasteiger charge is 2.15. The van der Waals surface area contributed by atoms with E-state index in [-0.39, 0.29) is 11.6 Å². The third kappa shape index (κ3) is 1.74. The molecule has 0 saturated heterocycles. The summed E-state index contributed by atoms with van der Waals surface area (Å²) in [6, 6.07) is 0. The van der Waals surface area contributed by atoms with Crippen molar-refractivity contribution in [2.45, 2.75) is 19.7 Å². The van der Waals surface area contributed by atoms with E-state index in [0.29, 0.717) is 26.7 Å². The van der Waals surface area contributed by atoms with E-state index in [1.807, 2.05) is 0 Å². The van der Waals surface area contributed by atoms with Crippen molar-refractivity contribution >= 4 is 34.8 Å². The van der Waals surface area contributed by atoms with Crippen molar-refractivity contribution < 1.29 is 5.11 Å². The third-order valence-electron chi connectivity index (χ3n) is 2.03. The monoisotopic (exact) mass is 238 g/mol. The van der Waals surface area contributed by atoms with Gasteiger partial charge in [0, 0.05) is 16.7 Å². The van der Waals surface area contributed by atoms with Gasteiger partial charge in [-0.15, -0.1) is 11.6 Å². The number of halogens is 3. The predicted molar refractivity (Wildman–Crippen MR) is 57.2 cm³/mol. The highest BCUT2D eigenvalue weighted by atomic mass is 35.5. The minimum atomic E-state index is 0.142. The van der Waals surface area contributed by atoms with Gasteiger partial charge in [0.05, 0.1) is 15.9 Å². The molecule has 13 heavy (non-hydrogen) atoms. The van der Waals surface area contributed by atoms with Gasteiger partial charge in [-0.05, 0) is 13.8 Å². The zero-order valence-corrected chi connectivity index (χ0v) is 9.56. The number of hydrogen-bond acceptors (Lipinski definition) is 1. The van der Waals surface area contributed by atoms with Crippen LogP contribution >= 0.6 is 34.8 Å². The molecule has 0 atom stereocenters. The number of alkyl halides is 1. The van der Waals surface area contributed by atoms with Crippen molar-refractivity contribution in [2.24, 2.45) is 0 Å². The lowest BCUT2D eigenvalue weighted by molar-refractivity contribution is 0.467. The van der Waals surface area contributed by atoms with Gasteiger partial charge in [-0.1, -0.05) is 23.2 Å². The lowest BCUT2D eigenvalue weighted by atomic mass is 10.1. The number of hydrogen-bond donors (Lipinski definition) is 1. The van der Waals surface area contributed by atoms with E-state index in [1.54, 1.807) is 13.8 Å². The van der Waals surface area contributed by atoms with Crippen molar-refractivity contribution in [1.82, 2.24) is 0 Å². The maximum atomic E-state index is 9.58. The molecule has 0 fully saturated rings. The van der Waals surface area contributed by atoms with Crippen LogP contribution in [0.5, 0.6) is 5.75 Å². The SMILES string of the molecule is Cc1c(O)c(C)c(Cl)c(CCl)c1Cl. The topological polar surface area (TPSA) is 20.2 Å². The highest BCUT2D eigenvalue weighted by Crippen LogP contribution is 2.38. The number of aromatic hydroxyl groups is 1. The van der Waals surface area contributed by atoms with Crippen LogP contribution in [-0.2, 0) is 5.88 Å². The molecule has 0 spiro atoms. The summed E-state index contributed by atoms with van der Waals surface area (Å²) >= 11 is 17.6. The predicted octanol–water partition coefficient (Wildman–Crippen LogP) is 4.05. The van der Waals surface area contributed by atoms with Gasteiger partial charge >= 0.3 is 0 Å². The van der Waals surface area contributed by atoms with Gasteiger partial charge in [-0.3, -0.25) is 0 Å². The Balaban J connectivity index is 3.56. The minimum Gasteiger partial charge on any atom is -0.507 e. The van der Waals surface area contributed by atoms with Crippen molar-refractivity contribution in [3.05, 3.63) is 26.7 Å². The Morgan fingerprint density at radius 3 is 1.77 bits per heavy atom. The molecule has 1 aromatic carbocycles. The second-order valence-corrected chi connectivity index (χ2v) is 3.86. The minimum absolute atomic E-state index is 0.142. The van der Waals surface area contributed by atoms with Gasteiger partial charge in [-0.2, -0.15) is 0 Å². The molecule has 0 aliphatic carbocycles. The summed E-state index contributed by atoms with van der Waals surface area (Å²) in [5, 5.41) is 10.5. The van der Waals surface area contributed by atoms with Gasteiger partial charge in [0.25, 0.3) is 0 Å². The summed E-state index contributed by atoms with van der Waals surface area (Å²) in [6.07, 6.45) is 0. The molecule has 0 amide bonds. The van der Waals surface area contributed by atoms with Crippen LogP contribution in [0.3, 0.4) is 0 Å². The Hall–Kier alpha value is -0.110. The molecular formula is C9H9Cl3O. The van der Waals surface area contributed by atoms with Crippen LogP contribution in [0.2, 0.25) is 10.0 Å². The van der Waals surface area contributed by atoms with Crippen molar-refractivity contribution in [2.75, 3.05) is 0 Å². The summed E-state index contributed by atoms with van der Waals surface area (Å²) in [7, 11) is 0. The molecule has 0 heterocycles. The van der Waals surface area contributed by atoms with Crippen LogP contribution in [0.4, 0.5) is 0 Å². The van der Waals surface area contributed by atoms with Crippen LogP contribution in [-0.4, -0.2) is 5.11 Å².